The Labute approximate surface area is 108 Å². The lowest BCUT2D eigenvalue weighted by Crippen LogP contribution is -2.17. The SMILES string of the molecule is CCc1ccccc1CN[C@H](C)c1cccs1. The van der Waals surface area contributed by atoms with Crippen LogP contribution in [-0.2, 0) is 13.0 Å². The maximum absolute atomic E-state index is 3.59. The Morgan fingerprint density at radius 1 is 1.12 bits per heavy atom. The molecule has 0 saturated heterocycles. The summed E-state index contributed by atoms with van der Waals surface area (Å²) in [5.41, 5.74) is 2.86. The molecule has 1 atom stereocenters. The maximum atomic E-state index is 3.59. The van der Waals surface area contributed by atoms with Crippen molar-refractivity contribution in [3.63, 3.8) is 0 Å². The zero-order chi connectivity index (χ0) is 12.1. The number of benzene rings is 1. The average Bonchev–Trinajstić information content (AvgIpc) is 2.90. The summed E-state index contributed by atoms with van der Waals surface area (Å²) in [5.74, 6) is 0. The van der Waals surface area contributed by atoms with E-state index in [2.05, 4.69) is 60.9 Å². The van der Waals surface area contributed by atoms with Gasteiger partial charge in [0.1, 0.15) is 0 Å². The van der Waals surface area contributed by atoms with Gasteiger partial charge in [0.15, 0.2) is 0 Å². The van der Waals surface area contributed by atoms with Gasteiger partial charge in [0.05, 0.1) is 0 Å². The van der Waals surface area contributed by atoms with E-state index in [0.29, 0.717) is 6.04 Å². The first kappa shape index (κ1) is 12.3. The molecule has 2 rings (SSSR count). The minimum absolute atomic E-state index is 0.430. The molecule has 17 heavy (non-hydrogen) atoms. The third kappa shape index (κ3) is 3.18. The zero-order valence-corrected chi connectivity index (χ0v) is 11.3. The molecule has 0 aliphatic carbocycles. The molecule has 1 nitrogen and oxygen atoms in total. The van der Waals surface area contributed by atoms with Gasteiger partial charge in [-0.15, -0.1) is 11.3 Å². The summed E-state index contributed by atoms with van der Waals surface area (Å²) in [6.07, 6.45) is 1.10. The highest BCUT2D eigenvalue weighted by molar-refractivity contribution is 7.10. The Morgan fingerprint density at radius 2 is 1.88 bits per heavy atom. The van der Waals surface area contributed by atoms with Crippen LogP contribution < -0.4 is 5.32 Å². The summed E-state index contributed by atoms with van der Waals surface area (Å²) in [6, 6.07) is 13.4. The molecule has 0 fully saturated rings. The first-order chi connectivity index (χ1) is 8.31. The van der Waals surface area contributed by atoms with Crippen LogP contribution in [0, 0.1) is 0 Å². The second-order valence-corrected chi connectivity index (χ2v) is 5.22. The van der Waals surface area contributed by atoms with E-state index in [4.69, 9.17) is 0 Å². The Hall–Kier alpha value is -1.12. The highest BCUT2D eigenvalue weighted by Crippen LogP contribution is 2.19. The Kier molecular flexibility index (Phi) is 4.35. The molecule has 0 amide bonds. The van der Waals surface area contributed by atoms with Crippen molar-refractivity contribution in [3.8, 4) is 0 Å². The fourth-order valence-corrected chi connectivity index (χ4v) is 2.74. The minimum Gasteiger partial charge on any atom is -0.305 e. The van der Waals surface area contributed by atoms with Crippen LogP contribution in [0.5, 0.6) is 0 Å². The molecule has 2 heteroatoms. The van der Waals surface area contributed by atoms with Crippen molar-refractivity contribution in [1.82, 2.24) is 5.32 Å². The lowest BCUT2D eigenvalue weighted by molar-refractivity contribution is 0.580. The summed E-state index contributed by atoms with van der Waals surface area (Å²) in [5, 5.41) is 5.72. The topological polar surface area (TPSA) is 12.0 Å². The molecule has 1 aromatic heterocycles. The molecule has 0 aliphatic rings. The number of rotatable bonds is 5. The fraction of sp³-hybridized carbons (Fsp3) is 0.333. The van der Waals surface area contributed by atoms with Gasteiger partial charge in [-0.2, -0.15) is 0 Å². The van der Waals surface area contributed by atoms with E-state index in [1.165, 1.54) is 16.0 Å². The average molecular weight is 245 g/mol. The molecule has 0 spiro atoms. The van der Waals surface area contributed by atoms with Gasteiger partial charge in [-0.25, -0.2) is 0 Å². The normalized spacial score (nSPS) is 12.6. The molecule has 0 unspecified atom stereocenters. The molecule has 0 aliphatic heterocycles. The van der Waals surface area contributed by atoms with Gasteiger partial charge in [0.2, 0.25) is 0 Å². The van der Waals surface area contributed by atoms with Crippen LogP contribution in [0.2, 0.25) is 0 Å². The second-order valence-electron chi connectivity index (χ2n) is 4.24. The van der Waals surface area contributed by atoms with Crippen molar-refractivity contribution in [2.75, 3.05) is 0 Å². The predicted molar refractivity (Wildman–Crippen MR) is 75.4 cm³/mol. The molecular formula is C15H19NS. The first-order valence-electron chi connectivity index (χ1n) is 6.14. The van der Waals surface area contributed by atoms with Crippen LogP contribution in [0.25, 0.3) is 0 Å². The van der Waals surface area contributed by atoms with Crippen molar-refractivity contribution in [2.24, 2.45) is 0 Å². The fourth-order valence-electron chi connectivity index (χ4n) is 1.98. The predicted octanol–water partition coefficient (Wildman–Crippen LogP) is 4.16. The number of thiophene rings is 1. The van der Waals surface area contributed by atoms with Crippen LogP contribution in [0.4, 0.5) is 0 Å². The van der Waals surface area contributed by atoms with Gasteiger partial charge in [0, 0.05) is 17.5 Å². The quantitative estimate of drug-likeness (QED) is 0.834. The lowest BCUT2D eigenvalue weighted by atomic mass is 10.1. The smallest absolute Gasteiger partial charge is 0.0388 e. The van der Waals surface area contributed by atoms with Crippen molar-refractivity contribution < 1.29 is 0 Å². The van der Waals surface area contributed by atoms with Crippen LogP contribution in [0.15, 0.2) is 41.8 Å². The van der Waals surface area contributed by atoms with Gasteiger partial charge in [-0.05, 0) is 35.9 Å². The van der Waals surface area contributed by atoms with Crippen LogP contribution in [-0.4, -0.2) is 0 Å². The lowest BCUT2D eigenvalue weighted by Gasteiger charge is -2.14. The summed E-state index contributed by atoms with van der Waals surface area (Å²) in [4.78, 5) is 1.40. The Bertz CT molecular complexity index is 448. The van der Waals surface area contributed by atoms with Crippen molar-refractivity contribution >= 4 is 11.3 Å². The summed E-state index contributed by atoms with van der Waals surface area (Å²) >= 11 is 1.81. The van der Waals surface area contributed by atoms with Crippen molar-refractivity contribution in [3.05, 3.63) is 57.8 Å². The van der Waals surface area contributed by atoms with E-state index in [1.54, 1.807) is 0 Å². The van der Waals surface area contributed by atoms with Crippen molar-refractivity contribution in [2.45, 2.75) is 32.9 Å². The largest absolute Gasteiger partial charge is 0.305 e. The summed E-state index contributed by atoms with van der Waals surface area (Å²) in [7, 11) is 0. The third-order valence-corrected chi connectivity index (χ3v) is 4.12. The van der Waals surface area contributed by atoms with E-state index in [9.17, 15) is 0 Å². The third-order valence-electron chi connectivity index (χ3n) is 3.07. The Morgan fingerprint density at radius 3 is 2.53 bits per heavy atom. The van der Waals surface area contributed by atoms with E-state index in [-0.39, 0.29) is 0 Å². The van der Waals surface area contributed by atoms with E-state index >= 15 is 0 Å². The first-order valence-corrected chi connectivity index (χ1v) is 7.02. The van der Waals surface area contributed by atoms with E-state index in [0.717, 1.165) is 13.0 Å². The molecule has 1 N–H and O–H groups in total. The summed E-state index contributed by atoms with van der Waals surface area (Å²) in [6.45, 7) is 5.38. The van der Waals surface area contributed by atoms with Crippen LogP contribution in [0.3, 0.4) is 0 Å². The molecule has 0 bridgehead atoms. The highest BCUT2D eigenvalue weighted by Gasteiger charge is 2.06. The van der Waals surface area contributed by atoms with E-state index < -0.39 is 0 Å². The number of aryl methyl sites for hydroxylation is 1. The minimum atomic E-state index is 0.430. The van der Waals surface area contributed by atoms with Gasteiger partial charge in [-0.3, -0.25) is 0 Å². The molecule has 1 aromatic carbocycles. The zero-order valence-electron chi connectivity index (χ0n) is 10.4. The van der Waals surface area contributed by atoms with Gasteiger partial charge in [0.25, 0.3) is 0 Å². The molecule has 1 heterocycles. The maximum Gasteiger partial charge on any atom is 0.0388 e. The van der Waals surface area contributed by atoms with Gasteiger partial charge >= 0.3 is 0 Å². The highest BCUT2D eigenvalue weighted by atomic mass is 32.1. The molecule has 90 valence electrons. The van der Waals surface area contributed by atoms with Crippen LogP contribution >= 0.6 is 11.3 Å². The van der Waals surface area contributed by atoms with Gasteiger partial charge in [-0.1, -0.05) is 37.3 Å². The van der Waals surface area contributed by atoms with Gasteiger partial charge < -0.3 is 5.32 Å². The standard InChI is InChI=1S/C15H19NS/c1-3-13-7-4-5-8-14(13)11-16-12(2)15-9-6-10-17-15/h4-10,12,16H,3,11H2,1-2H3/t12-/m1/s1. The van der Waals surface area contributed by atoms with Crippen LogP contribution in [0.1, 0.15) is 35.9 Å². The number of hydrogen-bond donors (Lipinski definition) is 1. The second kappa shape index (κ2) is 5.99. The molecule has 0 saturated carbocycles. The monoisotopic (exact) mass is 245 g/mol. The molecule has 0 radical (unpaired) electrons. The number of nitrogens with one attached hydrogen (secondary N) is 1. The van der Waals surface area contributed by atoms with Crippen molar-refractivity contribution in [1.29, 1.82) is 0 Å². The summed E-state index contributed by atoms with van der Waals surface area (Å²) < 4.78 is 0. The Balaban J connectivity index is 1.98. The molecule has 2 aromatic rings. The molecular weight excluding hydrogens is 226 g/mol. The van der Waals surface area contributed by atoms with E-state index in [1.807, 2.05) is 11.3 Å². The number of hydrogen-bond acceptors (Lipinski definition) is 2.